The van der Waals surface area contributed by atoms with E-state index in [1.807, 2.05) is 0 Å². The van der Waals surface area contributed by atoms with E-state index in [0.717, 1.165) is 31.4 Å². The maximum atomic E-state index is 13.1. The number of nitrogens with zero attached hydrogens (tertiary/aromatic N) is 2. The van der Waals surface area contributed by atoms with Crippen LogP contribution in [0.5, 0.6) is 0 Å². The quantitative estimate of drug-likeness (QED) is 0.922. The highest BCUT2D eigenvalue weighted by Gasteiger charge is 2.39. The van der Waals surface area contributed by atoms with Gasteiger partial charge < -0.3 is 10.3 Å². The summed E-state index contributed by atoms with van der Waals surface area (Å²) in [4.78, 5) is 4.15. The molecule has 1 aliphatic rings. The molecule has 0 atom stereocenters. The van der Waals surface area contributed by atoms with Crippen molar-refractivity contribution in [2.24, 2.45) is 5.73 Å². The Kier molecular flexibility index (Phi) is 3.56. The lowest BCUT2D eigenvalue weighted by Gasteiger charge is -2.34. The monoisotopic (exact) mass is 287 g/mol. The van der Waals surface area contributed by atoms with Crippen LogP contribution in [-0.4, -0.2) is 10.1 Å². The molecule has 0 spiro atoms. The van der Waals surface area contributed by atoms with Crippen molar-refractivity contribution in [2.75, 3.05) is 0 Å². The highest BCUT2D eigenvalue weighted by molar-refractivity contribution is 5.85. The fourth-order valence-corrected chi connectivity index (χ4v) is 1.95. The Hall–Kier alpha value is -1.53. The summed E-state index contributed by atoms with van der Waals surface area (Å²) in [5.74, 6) is -1.28. The Morgan fingerprint density at radius 3 is 2.53 bits per heavy atom. The van der Waals surface area contributed by atoms with Crippen LogP contribution in [0, 0.1) is 11.6 Å². The SMILES string of the molecule is Cl.NC1(c2noc(-c3ccc(F)c(F)c3)n2)CCC1. The lowest BCUT2D eigenvalue weighted by molar-refractivity contribution is 0.229. The first-order valence-electron chi connectivity index (χ1n) is 5.67. The van der Waals surface area contributed by atoms with Gasteiger partial charge >= 0.3 is 0 Å². The van der Waals surface area contributed by atoms with Gasteiger partial charge in [0.25, 0.3) is 5.89 Å². The maximum Gasteiger partial charge on any atom is 0.258 e. The van der Waals surface area contributed by atoms with Crippen LogP contribution in [0.4, 0.5) is 8.78 Å². The summed E-state index contributed by atoms with van der Waals surface area (Å²) in [6.45, 7) is 0. The molecule has 4 nitrogen and oxygen atoms in total. The highest BCUT2D eigenvalue weighted by atomic mass is 35.5. The third-order valence-electron chi connectivity index (χ3n) is 3.28. The van der Waals surface area contributed by atoms with E-state index in [1.165, 1.54) is 6.07 Å². The van der Waals surface area contributed by atoms with Crippen molar-refractivity contribution in [1.29, 1.82) is 0 Å². The molecule has 0 unspecified atom stereocenters. The second-order valence-corrected chi connectivity index (χ2v) is 4.56. The van der Waals surface area contributed by atoms with Gasteiger partial charge in [0.15, 0.2) is 17.5 Å². The average molecular weight is 288 g/mol. The van der Waals surface area contributed by atoms with Gasteiger partial charge in [0.05, 0.1) is 5.54 Å². The van der Waals surface area contributed by atoms with Gasteiger partial charge in [-0.3, -0.25) is 0 Å². The third-order valence-corrected chi connectivity index (χ3v) is 3.28. The number of benzene rings is 1. The van der Waals surface area contributed by atoms with E-state index in [-0.39, 0.29) is 18.3 Å². The molecule has 19 heavy (non-hydrogen) atoms. The van der Waals surface area contributed by atoms with Gasteiger partial charge in [0, 0.05) is 5.56 Å². The van der Waals surface area contributed by atoms with Crippen LogP contribution in [0.2, 0.25) is 0 Å². The van der Waals surface area contributed by atoms with E-state index in [9.17, 15) is 8.78 Å². The maximum absolute atomic E-state index is 13.1. The molecule has 0 saturated heterocycles. The Balaban J connectivity index is 0.00000133. The summed E-state index contributed by atoms with van der Waals surface area (Å²) in [5, 5.41) is 3.81. The second kappa shape index (κ2) is 4.86. The van der Waals surface area contributed by atoms with Crippen LogP contribution in [0.25, 0.3) is 11.5 Å². The fraction of sp³-hybridized carbons (Fsp3) is 0.333. The Bertz CT molecular complexity index is 598. The normalized spacial score (nSPS) is 16.6. The minimum absolute atomic E-state index is 0. The van der Waals surface area contributed by atoms with Gasteiger partial charge in [0.2, 0.25) is 0 Å². The molecule has 0 amide bonds. The van der Waals surface area contributed by atoms with Crippen LogP contribution in [0.15, 0.2) is 22.7 Å². The first-order chi connectivity index (χ1) is 8.58. The molecule has 0 bridgehead atoms. The molecule has 102 valence electrons. The van der Waals surface area contributed by atoms with Crippen molar-refractivity contribution >= 4 is 12.4 Å². The molecular weight excluding hydrogens is 276 g/mol. The smallest absolute Gasteiger partial charge is 0.258 e. The Labute approximate surface area is 114 Å². The molecule has 1 heterocycles. The Morgan fingerprint density at radius 1 is 1.21 bits per heavy atom. The number of nitrogens with two attached hydrogens (primary N) is 1. The lowest BCUT2D eigenvalue weighted by atomic mass is 9.77. The van der Waals surface area contributed by atoms with Crippen LogP contribution in [-0.2, 0) is 5.54 Å². The lowest BCUT2D eigenvalue weighted by Crippen LogP contribution is -2.44. The topological polar surface area (TPSA) is 64.9 Å². The fourth-order valence-electron chi connectivity index (χ4n) is 1.95. The van der Waals surface area contributed by atoms with E-state index < -0.39 is 17.2 Å². The molecule has 3 rings (SSSR count). The summed E-state index contributed by atoms with van der Waals surface area (Å²) < 4.78 is 30.9. The number of halogens is 3. The summed E-state index contributed by atoms with van der Waals surface area (Å²) in [7, 11) is 0. The first-order valence-corrected chi connectivity index (χ1v) is 5.67. The van der Waals surface area contributed by atoms with Crippen molar-refractivity contribution in [1.82, 2.24) is 10.1 Å². The van der Waals surface area contributed by atoms with E-state index in [4.69, 9.17) is 10.3 Å². The standard InChI is InChI=1S/C12H11F2N3O.ClH/c13-8-3-2-7(6-9(8)14)10-16-11(17-18-10)12(15)4-1-5-12;/h2-3,6H,1,4-5,15H2;1H. The zero-order chi connectivity index (χ0) is 12.8. The third kappa shape index (κ3) is 2.33. The van der Waals surface area contributed by atoms with E-state index in [2.05, 4.69) is 10.1 Å². The van der Waals surface area contributed by atoms with Crippen molar-refractivity contribution in [3.63, 3.8) is 0 Å². The summed E-state index contributed by atoms with van der Waals surface area (Å²) in [6, 6.07) is 3.44. The van der Waals surface area contributed by atoms with Gasteiger partial charge in [0.1, 0.15) is 0 Å². The van der Waals surface area contributed by atoms with Gasteiger partial charge in [-0.05, 0) is 37.5 Å². The van der Waals surface area contributed by atoms with Gasteiger partial charge in [-0.15, -0.1) is 12.4 Å². The highest BCUT2D eigenvalue weighted by Crippen LogP contribution is 2.37. The van der Waals surface area contributed by atoms with E-state index in [0.29, 0.717) is 11.4 Å². The molecule has 0 radical (unpaired) electrons. The van der Waals surface area contributed by atoms with Crippen molar-refractivity contribution in [2.45, 2.75) is 24.8 Å². The summed E-state index contributed by atoms with van der Waals surface area (Å²) in [5.41, 5.74) is 5.87. The molecule has 1 aromatic carbocycles. The zero-order valence-electron chi connectivity index (χ0n) is 9.90. The van der Waals surface area contributed by atoms with Gasteiger partial charge in [-0.2, -0.15) is 4.98 Å². The number of rotatable bonds is 2. The zero-order valence-corrected chi connectivity index (χ0v) is 10.7. The summed E-state index contributed by atoms with van der Waals surface area (Å²) >= 11 is 0. The first kappa shape index (κ1) is 13.9. The van der Waals surface area contributed by atoms with Crippen LogP contribution in [0.1, 0.15) is 25.1 Å². The van der Waals surface area contributed by atoms with E-state index in [1.54, 1.807) is 0 Å². The average Bonchev–Trinajstić information content (AvgIpc) is 2.79. The van der Waals surface area contributed by atoms with Crippen LogP contribution >= 0.6 is 12.4 Å². The van der Waals surface area contributed by atoms with Crippen molar-refractivity contribution < 1.29 is 13.3 Å². The van der Waals surface area contributed by atoms with Gasteiger partial charge in [-0.1, -0.05) is 5.16 Å². The minimum Gasteiger partial charge on any atom is -0.334 e. The van der Waals surface area contributed by atoms with Crippen LogP contribution < -0.4 is 5.73 Å². The predicted molar refractivity (Wildman–Crippen MR) is 66.6 cm³/mol. The van der Waals surface area contributed by atoms with Crippen molar-refractivity contribution in [3.05, 3.63) is 35.7 Å². The molecule has 1 aromatic heterocycles. The molecule has 2 aromatic rings. The number of hydrogen-bond acceptors (Lipinski definition) is 4. The van der Waals surface area contributed by atoms with Crippen LogP contribution in [0.3, 0.4) is 0 Å². The molecule has 1 fully saturated rings. The molecule has 0 aliphatic heterocycles. The predicted octanol–water partition coefficient (Wildman–Crippen LogP) is 2.77. The molecule has 7 heteroatoms. The largest absolute Gasteiger partial charge is 0.334 e. The number of hydrogen-bond donors (Lipinski definition) is 1. The Morgan fingerprint density at radius 2 is 1.95 bits per heavy atom. The van der Waals surface area contributed by atoms with Gasteiger partial charge in [-0.25, -0.2) is 8.78 Å². The second-order valence-electron chi connectivity index (χ2n) is 4.56. The minimum atomic E-state index is -0.946. The van der Waals surface area contributed by atoms with E-state index >= 15 is 0 Å². The molecule has 1 aliphatic carbocycles. The van der Waals surface area contributed by atoms with Crippen molar-refractivity contribution in [3.8, 4) is 11.5 Å². The summed E-state index contributed by atoms with van der Waals surface area (Å²) in [6.07, 6.45) is 2.65. The molecule has 1 saturated carbocycles. The molecule has 2 N–H and O–H groups in total. The number of aromatic nitrogens is 2. The molecular formula is C12H12ClF2N3O.